The van der Waals surface area contributed by atoms with Crippen molar-refractivity contribution < 1.29 is 5.11 Å². The average molecular weight is 1070 g/mol. The molecule has 1 aromatic carbocycles. The Balaban J connectivity index is 0.00000260. The predicted octanol–water partition coefficient (Wildman–Crippen LogP) is -29.6. The zero-order valence-electron chi connectivity index (χ0n) is 55.5. The molecule has 1 aliphatic rings. The highest BCUT2D eigenvalue weighted by Gasteiger charge is 2.66. The number of rotatable bonds is 41. The van der Waals surface area contributed by atoms with Gasteiger partial charge in [0.1, 0.15) is 0 Å². The summed E-state index contributed by atoms with van der Waals surface area (Å²) in [6.45, 7) is 2.09. The largest absolute Gasteiger partial charge is 0.394 e. The lowest BCUT2D eigenvalue weighted by Gasteiger charge is -2.61. The molecular formula is C12H18B80N2O. The molecule has 95 heavy (non-hydrogen) atoms. The maximum atomic E-state index is 9.34. The topological polar surface area (TPSA) is 35.5 Å². The molecular weight excluding hydrogens is 1050 g/mol. The van der Waals surface area contributed by atoms with Crippen molar-refractivity contribution in [3.63, 3.8) is 0 Å². The summed E-state index contributed by atoms with van der Waals surface area (Å²) in [7, 11) is 286. The lowest BCUT2D eigenvalue weighted by atomic mass is 8.20. The molecule has 0 fully saturated rings. The maximum Gasteiger partial charge on any atom is 0.0628 e. The third-order valence-electron chi connectivity index (χ3n) is 19.9. The minimum Gasteiger partial charge on any atom is -0.394 e. The van der Waals surface area contributed by atoms with E-state index in [9.17, 15) is 5.11 Å². The standard InChI is InChI=1S/C12H18N2O.B80/c1-14(2)12(8-15)9-3-4-10-6-13-7-11(10)5-9;1-42(2)62(41)72(61(39)40)77(71(59(35)36)60(37)38)80(78(73(63(43(3)4)44(5)6)64(45(7)8)46(9)10)74(65(47(11)12)48(13)14)66(49(15)16)50(17)18)79(75(67(51(19)20)52(21)22)68(53(23)24)54(25)26)76(69(55(27)28)56(29)30)70(57(31)32)58(33)34/h3-5,12-13,15H,6-8H2,1-2H3;. The molecule has 2 rings (SSSR count). The molecule has 0 aromatic heterocycles. The van der Waals surface area contributed by atoms with Gasteiger partial charge in [-0.15, -0.1) is 0 Å². The van der Waals surface area contributed by atoms with Crippen LogP contribution in [0.4, 0.5) is 0 Å². The van der Waals surface area contributed by atoms with Crippen LogP contribution in [-0.4, -0.2) is 597 Å². The van der Waals surface area contributed by atoms with E-state index in [0.29, 0.717) is 0 Å². The smallest absolute Gasteiger partial charge is 0.0628 e. The van der Waals surface area contributed by atoms with E-state index in [2.05, 4.69) is 23.5 Å². The van der Waals surface area contributed by atoms with Crippen LogP contribution < -0.4 is 5.32 Å². The van der Waals surface area contributed by atoms with E-state index in [0.717, 1.165) is 13.1 Å². The van der Waals surface area contributed by atoms with Crippen molar-refractivity contribution in [1.82, 2.24) is 10.2 Å². The molecule has 82 radical (unpaired) electrons. The minimum atomic E-state index is -1.93. The van der Waals surface area contributed by atoms with Gasteiger partial charge in [0.25, 0.3) is 0 Å². The van der Waals surface area contributed by atoms with Gasteiger partial charge in [0.2, 0.25) is 0 Å². The van der Waals surface area contributed by atoms with Crippen molar-refractivity contribution in [2.45, 2.75) is 19.1 Å². The lowest BCUT2D eigenvalue weighted by Crippen LogP contribution is -2.99. The molecule has 0 bridgehead atoms. The second-order valence-corrected chi connectivity index (χ2v) is 26.8. The van der Waals surface area contributed by atoms with Gasteiger partial charge in [-0.3, -0.25) is 0 Å². The molecule has 1 aliphatic heterocycles. The Bertz CT molecular complexity index is 1880. The molecule has 0 saturated heterocycles. The number of fused-ring (bicyclic) bond motifs is 1. The number of likely N-dealkylation sites (N-methyl/N-ethyl adjacent to an activating group) is 1. The predicted molar refractivity (Wildman–Crippen MR) is 521 cm³/mol. The molecule has 3 nitrogen and oxygen atoms in total. The summed E-state index contributed by atoms with van der Waals surface area (Å²) in [5, 5.41) is 12.7. The molecule has 0 aliphatic carbocycles. The first-order chi connectivity index (χ1) is 43.6. The summed E-state index contributed by atoms with van der Waals surface area (Å²) in [6, 6.07) is 6.59. The summed E-state index contributed by atoms with van der Waals surface area (Å²) in [5.41, 5.74) is 3.95. The number of aliphatic hydroxyl groups excluding tert-OH is 1. The Labute approximate surface area is 650 Å². The second kappa shape index (κ2) is 45.3. The zero-order valence-corrected chi connectivity index (χ0v) is 55.5. The first-order valence-corrected chi connectivity index (χ1v) is 31.7. The first-order valence-electron chi connectivity index (χ1n) is 31.7. The highest BCUT2D eigenvalue weighted by atomic mass is 16.3. The summed E-state index contributed by atoms with van der Waals surface area (Å²) >= 11 is 0. The molecule has 0 saturated carbocycles. The van der Waals surface area contributed by atoms with Crippen molar-refractivity contribution in [3.8, 4) is 0 Å². The Hall–Kier alpha value is 4.29. The van der Waals surface area contributed by atoms with Crippen molar-refractivity contribution in [3.05, 3.63) is 34.9 Å². The monoisotopic (exact) mass is 1090 g/mol. The fraction of sp³-hybridized carbons (Fsp3) is 0.500. The summed E-state index contributed by atoms with van der Waals surface area (Å²) in [5.74, 6) is 0. The minimum absolute atomic E-state index is 0.107. The Morgan fingerprint density at radius 2 is 0.453 bits per heavy atom. The normalized spacial score (nSPS) is 10.9. The number of hydrogen-bond donors (Lipinski definition) is 2. The Kier molecular flexibility index (Phi) is 46.4. The Morgan fingerprint density at radius 1 is 0.274 bits per heavy atom. The zero-order chi connectivity index (χ0) is 74.4. The third kappa shape index (κ3) is 26.5. The van der Waals surface area contributed by atoms with Crippen LogP contribution >= 0.6 is 0 Å². The van der Waals surface area contributed by atoms with Gasteiger partial charge >= 0.3 is 0 Å². The molecule has 2 N–H and O–H groups in total. The quantitative estimate of drug-likeness (QED) is 0.0642. The first kappa shape index (κ1) is 97.3. The van der Waals surface area contributed by atoms with Crippen LogP contribution in [0, 0.1) is 0 Å². The van der Waals surface area contributed by atoms with Crippen LogP contribution in [-0.2, 0) is 13.1 Å². The second-order valence-electron chi connectivity index (χ2n) is 26.8. The lowest BCUT2D eigenvalue weighted by molar-refractivity contribution is 0.171. The van der Waals surface area contributed by atoms with Gasteiger partial charge < -0.3 is 15.3 Å². The van der Waals surface area contributed by atoms with Crippen molar-refractivity contribution in [1.29, 1.82) is 0 Å². The molecule has 1 unspecified atom stereocenters. The summed E-state index contributed by atoms with van der Waals surface area (Å²) in [6.07, 6.45) is -65.6. The number of hydrogen-bond acceptors (Lipinski definition) is 3. The average Bonchev–Trinajstić information content (AvgIpc) is 0.982. The maximum absolute atomic E-state index is 9.34. The van der Waals surface area contributed by atoms with Crippen LogP contribution in [0.5, 0.6) is 0 Å². The number of aliphatic hydroxyl groups is 1. The van der Waals surface area contributed by atoms with E-state index in [1.165, 1.54) is 16.7 Å². The molecule has 83 heteroatoms. The van der Waals surface area contributed by atoms with Gasteiger partial charge in [0.05, 0.1) is 12.6 Å². The van der Waals surface area contributed by atoms with Crippen LogP contribution in [0.1, 0.15) is 22.7 Å². The fourth-order valence-electron chi connectivity index (χ4n) is 16.2. The van der Waals surface area contributed by atoms with Crippen LogP contribution in [0.3, 0.4) is 0 Å². The molecule has 1 heterocycles. The highest BCUT2D eigenvalue weighted by molar-refractivity contribution is 8.41. The van der Waals surface area contributed by atoms with Gasteiger partial charge in [-0.05, 0) is 30.8 Å². The highest BCUT2D eigenvalue weighted by Crippen LogP contribution is 2.29. The van der Waals surface area contributed by atoms with E-state index in [1.807, 2.05) is 19.0 Å². The van der Waals surface area contributed by atoms with Crippen LogP contribution in [0.15, 0.2) is 18.2 Å². The Morgan fingerprint density at radius 3 is 0.621 bits per heavy atom. The van der Waals surface area contributed by atoms with Crippen molar-refractivity contribution >= 4 is 566 Å². The van der Waals surface area contributed by atoms with E-state index < -0.39 is 249 Å². The van der Waals surface area contributed by atoms with Gasteiger partial charge in [0.15, 0.2) is 0 Å². The van der Waals surface area contributed by atoms with Gasteiger partial charge in [-0.2, -0.15) is 0 Å². The van der Waals surface area contributed by atoms with Crippen LogP contribution in [0.25, 0.3) is 0 Å². The third-order valence-corrected chi connectivity index (χ3v) is 19.9. The van der Waals surface area contributed by atoms with E-state index in [4.69, 9.17) is 317 Å². The van der Waals surface area contributed by atoms with E-state index >= 15 is 0 Å². The fourth-order valence-corrected chi connectivity index (χ4v) is 16.2. The van der Waals surface area contributed by atoms with Gasteiger partial charge in [-0.1, -0.05) is 18.2 Å². The summed E-state index contributed by atoms with van der Waals surface area (Å²) in [4.78, 5) is 2.05. The molecule has 0 amide bonds. The SMILES string of the molecule is CN(C)C(CO)c1ccc2c(c1)CNC2.[B]B([B])B([B])B(B([B])[B])B(B(B([B])[B])B([B])[B])B(B(B(B(B([B])[B])B([B])[B])B(B([B])[B])B([B])[B])B(B(B([B])[B])B([B])[B])B(B([B])[B])B([B])[B])B(B(B(B([B])[B])B([B])[B])B(B([B])[B])B([B])[B])B(B(B([B])[B])B([B])[B])B(B([B])[B])B([B])[B]. The van der Waals surface area contributed by atoms with Crippen LogP contribution in [0.2, 0.25) is 0 Å². The van der Waals surface area contributed by atoms with Gasteiger partial charge in [0, 0.05) is 579 Å². The number of nitrogens with zero attached hydrogens (tertiary/aromatic N) is 1. The van der Waals surface area contributed by atoms with E-state index in [-0.39, 0.29) is 12.6 Å². The number of nitrogens with one attached hydrogen (secondary N) is 1. The molecule has 0 spiro atoms. The number of benzene rings is 1. The molecule has 322 valence electrons. The van der Waals surface area contributed by atoms with Crippen molar-refractivity contribution in [2.75, 3.05) is 20.7 Å². The summed E-state index contributed by atoms with van der Waals surface area (Å²) < 4.78 is 0. The van der Waals surface area contributed by atoms with E-state index in [1.54, 1.807) is 0 Å². The van der Waals surface area contributed by atoms with Crippen molar-refractivity contribution in [2.24, 2.45) is 0 Å². The molecule has 1 aromatic rings. The molecule has 1 atom stereocenters. The van der Waals surface area contributed by atoms with Gasteiger partial charge in [-0.25, -0.2) is 0 Å².